The van der Waals surface area contributed by atoms with Crippen LogP contribution in [0.5, 0.6) is 0 Å². The maximum Gasteiger partial charge on any atom is 0.0439 e. The van der Waals surface area contributed by atoms with E-state index in [9.17, 15) is 4.21 Å². The molecule has 1 aromatic rings. The molecule has 3 heteroatoms. The van der Waals surface area contributed by atoms with Gasteiger partial charge in [0.15, 0.2) is 0 Å². The minimum atomic E-state index is -0.775. The van der Waals surface area contributed by atoms with Crippen molar-refractivity contribution in [2.24, 2.45) is 0 Å². The lowest BCUT2D eigenvalue weighted by Gasteiger charge is -2.22. The first-order chi connectivity index (χ1) is 9.49. The van der Waals surface area contributed by atoms with E-state index < -0.39 is 10.8 Å². The van der Waals surface area contributed by atoms with Crippen LogP contribution >= 0.6 is 0 Å². The molecule has 1 N–H and O–H groups in total. The first-order valence-corrected chi connectivity index (χ1v) is 9.05. The van der Waals surface area contributed by atoms with Crippen LogP contribution in [0, 0.1) is 13.8 Å². The zero-order chi connectivity index (χ0) is 15.1. The van der Waals surface area contributed by atoms with Crippen molar-refractivity contribution < 1.29 is 4.21 Å². The highest BCUT2D eigenvalue weighted by molar-refractivity contribution is 7.85. The molecule has 0 bridgehead atoms. The third-order valence-electron chi connectivity index (χ3n) is 3.80. The largest absolute Gasteiger partial charge is 0.309 e. The minimum Gasteiger partial charge on any atom is -0.309 e. The fraction of sp³-hybridized carbons (Fsp3) is 0.647. The van der Waals surface area contributed by atoms with E-state index in [0.29, 0.717) is 5.75 Å². The molecule has 1 rings (SSSR count). The van der Waals surface area contributed by atoms with Gasteiger partial charge in [0.25, 0.3) is 0 Å². The lowest BCUT2D eigenvalue weighted by Crippen LogP contribution is -2.30. The minimum absolute atomic E-state index is 0.199. The average Bonchev–Trinajstić information content (AvgIpc) is 2.42. The molecular formula is C17H29NOS. The third-order valence-corrected chi connectivity index (χ3v) is 5.69. The molecule has 20 heavy (non-hydrogen) atoms. The Morgan fingerprint density at radius 1 is 1.25 bits per heavy atom. The van der Waals surface area contributed by atoms with E-state index in [0.717, 1.165) is 19.4 Å². The molecule has 0 saturated heterocycles. The number of hydrogen-bond donors (Lipinski definition) is 1. The van der Waals surface area contributed by atoms with Crippen LogP contribution in [0.25, 0.3) is 0 Å². The Bertz CT molecular complexity index is 445. The maximum atomic E-state index is 12.4. The highest BCUT2D eigenvalue weighted by Gasteiger charge is 2.19. The molecule has 0 fully saturated rings. The van der Waals surface area contributed by atoms with Gasteiger partial charge in [-0.2, -0.15) is 0 Å². The number of hydrogen-bond acceptors (Lipinski definition) is 2. The van der Waals surface area contributed by atoms with Gasteiger partial charge in [-0.3, -0.25) is 4.21 Å². The number of benzene rings is 1. The zero-order valence-corrected chi connectivity index (χ0v) is 14.3. The van der Waals surface area contributed by atoms with Crippen LogP contribution in [0.15, 0.2) is 18.2 Å². The number of nitrogens with one attached hydrogen (secondary N) is 1. The molecule has 0 aliphatic rings. The molecule has 0 heterocycles. The van der Waals surface area contributed by atoms with Crippen molar-refractivity contribution in [1.29, 1.82) is 0 Å². The Hall–Kier alpha value is -0.670. The first-order valence-electron chi connectivity index (χ1n) is 7.67. The zero-order valence-electron chi connectivity index (χ0n) is 13.5. The second kappa shape index (κ2) is 8.58. The molecule has 0 spiro atoms. The van der Waals surface area contributed by atoms with Gasteiger partial charge in [-0.15, -0.1) is 0 Å². The lowest BCUT2D eigenvalue weighted by molar-refractivity contribution is 0.565. The fourth-order valence-corrected chi connectivity index (χ4v) is 3.63. The van der Waals surface area contributed by atoms with Crippen LogP contribution in [-0.2, 0) is 10.8 Å². The van der Waals surface area contributed by atoms with Crippen molar-refractivity contribution in [3.63, 3.8) is 0 Å². The van der Waals surface area contributed by atoms with Gasteiger partial charge in [-0.25, -0.2) is 0 Å². The van der Waals surface area contributed by atoms with Gasteiger partial charge in [0.05, 0.1) is 0 Å². The summed E-state index contributed by atoms with van der Waals surface area (Å²) in [6, 6.07) is 6.74. The molecule has 114 valence electrons. The van der Waals surface area contributed by atoms with Crippen LogP contribution in [-0.4, -0.2) is 21.8 Å². The molecule has 0 aromatic heterocycles. The molecule has 0 aliphatic carbocycles. The van der Waals surface area contributed by atoms with Gasteiger partial charge in [-0.1, -0.05) is 44.5 Å². The summed E-state index contributed by atoms with van der Waals surface area (Å²) in [4.78, 5) is 0. The lowest BCUT2D eigenvalue weighted by atomic mass is 10.00. The van der Waals surface area contributed by atoms with Crippen LogP contribution in [0.3, 0.4) is 0 Å². The summed E-state index contributed by atoms with van der Waals surface area (Å²) >= 11 is 0. The standard InChI is InChI=1S/C17H29NOS/c1-6-10-18-17(12-20(19)15(5)7-2)16-9-8-13(3)11-14(16)4/h8-9,11,15,17-18H,6-7,10,12H2,1-5H3. The summed E-state index contributed by atoms with van der Waals surface area (Å²) < 4.78 is 12.4. The smallest absolute Gasteiger partial charge is 0.0439 e. The summed E-state index contributed by atoms with van der Waals surface area (Å²) in [6.45, 7) is 11.6. The molecular weight excluding hydrogens is 266 g/mol. The van der Waals surface area contributed by atoms with Crippen LogP contribution in [0.4, 0.5) is 0 Å². The summed E-state index contributed by atoms with van der Waals surface area (Å²) in [5.74, 6) is 0.707. The van der Waals surface area contributed by atoms with Gasteiger partial charge in [0.2, 0.25) is 0 Å². The fourth-order valence-electron chi connectivity index (χ4n) is 2.31. The van der Waals surface area contributed by atoms with E-state index in [1.165, 1.54) is 16.7 Å². The second-order valence-corrected chi connectivity index (χ2v) is 7.53. The van der Waals surface area contributed by atoms with Crippen molar-refractivity contribution >= 4 is 10.8 Å². The molecule has 1 aromatic carbocycles. The van der Waals surface area contributed by atoms with Crippen LogP contribution in [0.1, 0.15) is 56.3 Å². The van der Waals surface area contributed by atoms with Crippen molar-refractivity contribution in [3.05, 3.63) is 34.9 Å². The van der Waals surface area contributed by atoms with Gasteiger partial charge in [0, 0.05) is 27.8 Å². The van der Waals surface area contributed by atoms with E-state index in [-0.39, 0.29) is 11.3 Å². The molecule has 0 radical (unpaired) electrons. The summed E-state index contributed by atoms with van der Waals surface area (Å²) in [5, 5.41) is 3.83. The summed E-state index contributed by atoms with van der Waals surface area (Å²) in [7, 11) is -0.775. The average molecular weight is 295 g/mol. The Morgan fingerprint density at radius 2 is 1.95 bits per heavy atom. The molecule has 2 nitrogen and oxygen atoms in total. The Labute approximate surface area is 126 Å². The van der Waals surface area contributed by atoms with E-state index in [2.05, 4.69) is 58.1 Å². The Morgan fingerprint density at radius 3 is 2.50 bits per heavy atom. The van der Waals surface area contributed by atoms with E-state index in [4.69, 9.17) is 0 Å². The Kier molecular flexibility index (Phi) is 7.46. The topological polar surface area (TPSA) is 29.1 Å². The first kappa shape index (κ1) is 17.4. The predicted molar refractivity (Wildman–Crippen MR) is 89.7 cm³/mol. The maximum absolute atomic E-state index is 12.4. The number of rotatable bonds is 8. The van der Waals surface area contributed by atoms with Crippen molar-refractivity contribution in [2.45, 2.75) is 58.8 Å². The second-order valence-electron chi connectivity index (χ2n) is 5.63. The third kappa shape index (κ3) is 5.02. The highest BCUT2D eigenvalue weighted by Crippen LogP contribution is 2.21. The van der Waals surface area contributed by atoms with Crippen molar-refractivity contribution in [1.82, 2.24) is 5.32 Å². The monoisotopic (exact) mass is 295 g/mol. The molecule has 3 unspecified atom stereocenters. The highest BCUT2D eigenvalue weighted by atomic mass is 32.2. The SMILES string of the molecule is CCCNC(CS(=O)C(C)CC)c1ccc(C)cc1C. The molecule has 0 saturated carbocycles. The Balaban J connectivity index is 2.90. The molecule has 0 aliphatic heterocycles. The summed E-state index contributed by atoms with van der Waals surface area (Å²) in [6.07, 6.45) is 2.07. The quantitative estimate of drug-likeness (QED) is 0.788. The predicted octanol–water partition coefficient (Wildman–Crippen LogP) is 3.89. The van der Waals surface area contributed by atoms with Crippen LogP contribution in [0.2, 0.25) is 0 Å². The van der Waals surface area contributed by atoms with E-state index >= 15 is 0 Å². The molecule has 3 atom stereocenters. The van der Waals surface area contributed by atoms with E-state index in [1.54, 1.807) is 0 Å². The van der Waals surface area contributed by atoms with Gasteiger partial charge >= 0.3 is 0 Å². The normalized spacial score (nSPS) is 15.8. The number of aryl methyl sites for hydroxylation is 2. The van der Waals surface area contributed by atoms with E-state index in [1.807, 2.05) is 0 Å². The van der Waals surface area contributed by atoms with Crippen molar-refractivity contribution in [3.8, 4) is 0 Å². The van der Waals surface area contributed by atoms with Crippen molar-refractivity contribution in [2.75, 3.05) is 12.3 Å². The summed E-state index contributed by atoms with van der Waals surface area (Å²) in [5.41, 5.74) is 3.86. The van der Waals surface area contributed by atoms with Gasteiger partial charge in [0.1, 0.15) is 0 Å². The van der Waals surface area contributed by atoms with Gasteiger partial charge in [-0.05, 0) is 44.4 Å². The molecule has 0 amide bonds. The van der Waals surface area contributed by atoms with Crippen LogP contribution < -0.4 is 5.32 Å². The van der Waals surface area contributed by atoms with Gasteiger partial charge < -0.3 is 5.32 Å².